The molecule has 0 aliphatic carbocycles. The molecule has 0 aliphatic rings. The van der Waals surface area contributed by atoms with Crippen LogP contribution in [0, 0.1) is 0 Å². The lowest BCUT2D eigenvalue weighted by Gasteiger charge is -2.19. The van der Waals surface area contributed by atoms with Crippen LogP contribution in [-0.4, -0.2) is 9.97 Å². The van der Waals surface area contributed by atoms with Crippen LogP contribution >= 0.6 is 0 Å². The molecule has 0 saturated heterocycles. The average molecular weight is 607 g/mol. The Balaban J connectivity index is 1.34. The van der Waals surface area contributed by atoms with Crippen LogP contribution in [0.1, 0.15) is 26.3 Å². The first-order chi connectivity index (χ1) is 22.9. The van der Waals surface area contributed by atoms with Gasteiger partial charge in [0.2, 0.25) is 0 Å². The van der Waals surface area contributed by atoms with Crippen LogP contribution in [0.2, 0.25) is 0 Å². The number of para-hydroxylation sites is 1. The second-order valence-electron chi connectivity index (χ2n) is 13.1. The topological polar surface area (TPSA) is 38.9 Å². The van der Waals surface area contributed by atoms with Crippen molar-refractivity contribution in [2.75, 3.05) is 0 Å². The zero-order chi connectivity index (χ0) is 32.0. The average Bonchev–Trinajstić information content (AvgIpc) is 3.50. The van der Waals surface area contributed by atoms with Crippen LogP contribution in [0.3, 0.4) is 0 Å². The summed E-state index contributed by atoms with van der Waals surface area (Å²) in [5.74, 6) is 0.703. The fourth-order valence-corrected chi connectivity index (χ4v) is 6.25. The molecule has 0 radical (unpaired) electrons. The Morgan fingerprint density at radius 1 is 0.404 bits per heavy atom. The standard InChI is InChI=1S/C44H34N2O/c1-44(2,3)36-21-18-29(19-22-36)33-24-34(32-20-23-42-38(27-32)37-16-10-11-17-41(37)47-42)26-35(25-33)40-28-39(30-12-6-4-7-13-30)45-43(46-40)31-14-8-5-9-15-31/h4-28H,1-3H3. The summed E-state index contributed by atoms with van der Waals surface area (Å²) in [7, 11) is 0. The van der Waals surface area contributed by atoms with E-state index in [1.165, 1.54) is 5.56 Å². The summed E-state index contributed by atoms with van der Waals surface area (Å²) >= 11 is 0. The summed E-state index contributed by atoms with van der Waals surface area (Å²) in [5.41, 5.74) is 12.6. The van der Waals surface area contributed by atoms with Crippen LogP contribution < -0.4 is 0 Å². The van der Waals surface area contributed by atoms with Gasteiger partial charge in [-0.25, -0.2) is 9.97 Å². The van der Waals surface area contributed by atoms with Crippen LogP contribution in [-0.2, 0) is 5.41 Å². The van der Waals surface area contributed by atoms with Gasteiger partial charge < -0.3 is 4.42 Å². The number of rotatable bonds is 5. The van der Waals surface area contributed by atoms with Crippen LogP contribution in [0.25, 0.3) is 78.1 Å². The summed E-state index contributed by atoms with van der Waals surface area (Å²) in [6, 6.07) is 53.1. The van der Waals surface area contributed by atoms with Gasteiger partial charge in [0.1, 0.15) is 11.2 Å². The zero-order valence-electron chi connectivity index (χ0n) is 26.7. The van der Waals surface area contributed by atoms with Gasteiger partial charge in [0.05, 0.1) is 11.4 Å². The third kappa shape index (κ3) is 5.62. The normalized spacial score (nSPS) is 11.7. The Morgan fingerprint density at radius 3 is 1.66 bits per heavy atom. The van der Waals surface area contributed by atoms with Crippen molar-refractivity contribution in [3.05, 3.63) is 157 Å². The van der Waals surface area contributed by atoms with Crippen LogP contribution in [0.15, 0.2) is 156 Å². The van der Waals surface area contributed by atoms with E-state index in [1.54, 1.807) is 0 Å². The molecule has 0 atom stereocenters. The fourth-order valence-electron chi connectivity index (χ4n) is 6.25. The van der Waals surface area contributed by atoms with E-state index < -0.39 is 0 Å². The molecule has 8 rings (SSSR count). The van der Waals surface area contributed by atoms with Crippen molar-refractivity contribution < 1.29 is 4.42 Å². The van der Waals surface area contributed by atoms with E-state index in [-0.39, 0.29) is 5.41 Å². The maximum absolute atomic E-state index is 6.16. The first-order valence-electron chi connectivity index (χ1n) is 16.1. The number of aromatic nitrogens is 2. The van der Waals surface area contributed by atoms with Crippen molar-refractivity contribution in [1.82, 2.24) is 9.97 Å². The van der Waals surface area contributed by atoms with Gasteiger partial charge in [-0.2, -0.15) is 0 Å². The minimum atomic E-state index is 0.0803. The Hall–Kier alpha value is -5.80. The SMILES string of the molecule is CC(C)(C)c1ccc(-c2cc(-c3ccc4oc5ccccc5c4c3)cc(-c3cc(-c4ccccc4)nc(-c4ccccc4)n3)c2)cc1. The Morgan fingerprint density at radius 2 is 0.957 bits per heavy atom. The largest absolute Gasteiger partial charge is 0.456 e. The fraction of sp³-hybridized carbons (Fsp3) is 0.0909. The molecule has 8 aromatic rings. The predicted octanol–water partition coefficient (Wildman–Crippen LogP) is 12.0. The van der Waals surface area contributed by atoms with Crippen molar-refractivity contribution in [3.63, 3.8) is 0 Å². The van der Waals surface area contributed by atoms with Crippen molar-refractivity contribution in [2.24, 2.45) is 0 Å². The highest BCUT2D eigenvalue weighted by Crippen LogP contribution is 2.38. The molecule has 3 nitrogen and oxygen atoms in total. The van der Waals surface area contributed by atoms with Crippen molar-refractivity contribution in [2.45, 2.75) is 26.2 Å². The van der Waals surface area contributed by atoms with E-state index in [9.17, 15) is 0 Å². The van der Waals surface area contributed by atoms with Gasteiger partial charge in [0, 0.05) is 27.5 Å². The lowest BCUT2D eigenvalue weighted by atomic mass is 9.86. The van der Waals surface area contributed by atoms with E-state index in [1.807, 2.05) is 36.4 Å². The minimum absolute atomic E-state index is 0.0803. The lowest BCUT2D eigenvalue weighted by molar-refractivity contribution is 0.590. The summed E-state index contributed by atoms with van der Waals surface area (Å²) in [6.45, 7) is 6.75. The second kappa shape index (κ2) is 11.5. The molecule has 226 valence electrons. The maximum Gasteiger partial charge on any atom is 0.160 e. The number of furan rings is 1. The van der Waals surface area contributed by atoms with E-state index in [0.29, 0.717) is 5.82 Å². The van der Waals surface area contributed by atoms with Gasteiger partial charge in [-0.1, -0.05) is 130 Å². The molecule has 0 saturated carbocycles. The molecule has 0 aliphatic heterocycles. The molecule has 2 aromatic heterocycles. The molecule has 0 unspecified atom stereocenters. The molecular formula is C44H34N2O. The van der Waals surface area contributed by atoms with Crippen molar-refractivity contribution >= 4 is 21.9 Å². The summed E-state index contributed by atoms with van der Waals surface area (Å²) in [4.78, 5) is 10.2. The van der Waals surface area contributed by atoms with Gasteiger partial charge in [-0.05, 0) is 75.7 Å². The monoisotopic (exact) mass is 606 g/mol. The molecule has 2 heterocycles. The highest BCUT2D eigenvalue weighted by Gasteiger charge is 2.16. The van der Waals surface area contributed by atoms with Crippen molar-refractivity contribution in [3.8, 4) is 56.2 Å². The quantitative estimate of drug-likeness (QED) is 0.196. The summed E-state index contributed by atoms with van der Waals surface area (Å²) in [5, 5.41) is 2.23. The smallest absolute Gasteiger partial charge is 0.160 e. The highest BCUT2D eigenvalue weighted by molar-refractivity contribution is 6.06. The number of fused-ring (bicyclic) bond motifs is 3. The highest BCUT2D eigenvalue weighted by atomic mass is 16.3. The molecule has 0 fully saturated rings. The zero-order valence-corrected chi connectivity index (χ0v) is 26.7. The summed E-state index contributed by atoms with van der Waals surface area (Å²) < 4.78 is 6.16. The Labute approximate surface area is 275 Å². The van der Waals surface area contributed by atoms with E-state index in [4.69, 9.17) is 14.4 Å². The summed E-state index contributed by atoms with van der Waals surface area (Å²) in [6.07, 6.45) is 0. The molecule has 0 amide bonds. The number of hydrogen-bond acceptors (Lipinski definition) is 3. The van der Waals surface area contributed by atoms with Crippen molar-refractivity contribution in [1.29, 1.82) is 0 Å². The third-order valence-electron chi connectivity index (χ3n) is 8.85. The van der Waals surface area contributed by atoms with Gasteiger partial charge in [-0.15, -0.1) is 0 Å². The van der Waals surface area contributed by atoms with Gasteiger partial charge >= 0.3 is 0 Å². The lowest BCUT2D eigenvalue weighted by Crippen LogP contribution is -2.10. The molecule has 6 aromatic carbocycles. The van der Waals surface area contributed by atoms with E-state index in [2.05, 4.69) is 136 Å². The van der Waals surface area contributed by atoms with E-state index in [0.717, 1.165) is 72.3 Å². The van der Waals surface area contributed by atoms with E-state index >= 15 is 0 Å². The van der Waals surface area contributed by atoms with Gasteiger partial charge in [0.25, 0.3) is 0 Å². The second-order valence-corrected chi connectivity index (χ2v) is 13.1. The molecule has 0 bridgehead atoms. The maximum atomic E-state index is 6.16. The molecule has 3 heteroatoms. The third-order valence-corrected chi connectivity index (χ3v) is 8.85. The molecule has 47 heavy (non-hydrogen) atoms. The Bertz CT molecular complexity index is 2310. The molecule has 0 N–H and O–H groups in total. The molecule has 0 spiro atoms. The minimum Gasteiger partial charge on any atom is -0.456 e. The first-order valence-corrected chi connectivity index (χ1v) is 16.1. The van der Waals surface area contributed by atoms with Gasteiger partial charge in [-0.3, -0.25) is 0 Å². The number of nitrogens with zero attached hydrogens (tertiary/aromatic N) is 2. The molecular weight excluding hydrogens is 572 g/mol. The van der Waals surface area contributed by atoms with Crippen LogP contribution in [0.5, 0.6) is 0 Å². The van der Waals surface area contributed by atoms with Gasteiger partial charge in [0.15, 0.2) is 5.82 Å². The predicted molar refractivity (Wildman–Crippen MR) is 195 cm³/mol. The number of benzene rings is 6. The Kier molecular flexibility index (Phi) is 7.03. The van der Waals surface area contributed by atoms with Crippen LogP contribution in [0.4, 0.5) is 0 Å². The first kappa shape index (κ1) is 28.7. The number of hydrogen-bond donors (Lipinski definition) is 0.